The standard InChI is InChI=1S/C10H14N2O2/c1-3-13-8-4-6(2)12-10-9(8)7(11)5-14-10/h4,7H,3,5,11H2,1-2H3/t7-/m0/s1. The van der Waals surface area contributed by atoms with Crippen LogP contribution in [0.3, 0.4) is 0 Å². The average molecular weight is 194 g/mol. The van der Waals surface area contributed by atoms with Gasteiger partial charge in [0.05, 0.1) is 18.2 Å². The first-order valence-corrected chi connectivity index (χ1v) is 4.75. The molecule has 0 saturated heterocycles. The van der Waals surface area contributed by atoms with Gasteiger partial charge in [-0.25, -0.2) is 4.98 Å². The summed E-state index contributed by atoms with van der Waals surface area (Å²) in [4.78, 5) is 4.26. The topological polar surface area (TPSA) is 57.4 Å². The maximum absolute atomic E-state index is 5.88. The first kappa shape index (κ1) is 9.27. The van der Waals surface area contributed by atoms with Crippen LogP contribution < -0.4 is 15.2 Å². The zero-order valence-electron chi connectivity index (χ0n) is 8.41. The third kappa shape index (κ3) is 1.42. The Labute approximate surface area is 83.0 Å². The fraction of sp³-hybridized carbons (Fsp3) is 0.500. The smallest absolute Gasteiger partial charge is 0.222 e. The number of aromatic nitrogens is 1. The normalized spacial score (nSPS) is 18.9. The van der Waals surface area contributed by atoms with E-state index in [1.807, 2.05) is 19.9 Å². The number of nitrogens with zero attached hydrogens (tertiary/aromatic N) is 1. The van der Waals surface area contributed by atoms with Crippen molar-refractivity contribution >= 4 is 0 Å². The SMILES string of the molecule is CCOc1cc(C)nc2c1[C@@H](N)CO2. The highest BCUT2D eigenvalue weighted by Crippen LogP contribution is 2.37. The van der Waals surface area contributed by atoms with Crippen molar-refractivity contribution in [2.24, 2.45) is 5.73 Å². The van der Waals surface area contributed by atoms with Crippen molar-refractivity contribution < 1.29 is 9.47 Å². The van der Waals surface area contributed by atoms with E-state index < -0.39 is 0 Å². The number of rotatable bonds is 2. The van der Waals surface area contributed by atoms with Gasteiger partial charge in [-0.2, -0.15) is 0 Å². The Morgan fingerprint density at radius 1 is 1.71 bits per heavy atom. The highest BCUT2D eigenvalue weighted by molar-refractivity contribution is 5.46. The molecule has 2 N–H and O–H groups in total. The summed E-state index contributed by atoms with van der Waals surface area (Å²) in [7, 11) is 0. The van der Waals surface area contributed by atoms with E-state index in [0.29, 0.717) is 19.1 Å². The van der Waals surface area contributed by atoms with Crippen molar-refractivity contribution in [1.82, 2.24) is 4.98 Å². The van der Waals surface area contributed by atoms with Crippen LogP contribution in [0.1, 0.15) is 24.2 Å². The zero-order chi connectivity index (χ0) is 10.1. The minimum absolute atomic E-state index is 0.111. The summed E-state index contributed by atoms with van der Waals surface area (Å²) in [5.41, 5.74) is 7.67. The molecule has 0 radical (unpaired) electrons. The number of nitrogens with two attached hydrogens (primary N) is 1. The predicted molar refractivity (Wildman–Crippen MR) is 52.6 cm³/mol. The number of hydrogen-bond donors (Lipinski definition) is 1. The first-order chi connectivity index (χ1) is 6.72. The van der Waals surface area contributed by atoms with Crippen LogP contribution in [-0.4, -0.2) is 18.2 Å². The molecule has 14 heavy (non-hydrogen) atoms. The van der Waals surface area contributed by atoms with Gasteiger partial charge in [0.2, 0.25) is 5.88 Å². The number of pyridine rings is 1. The zero-order valence-corrected chi connectivity index (χ0v) is 8.41. The molecule has 0 unspecified atom stereocenters. The molecule has 1 aliphatic heterocycles. The second-order valence-corrected chi connectivity index (χ2v) is 3.33. The van der Waals surface area contributed by atoms with Crippen molar-refractivity contribution in [1.29, 1.82) is 0 Å². The first-order valence-electron chi connectivity index (χ1n) is 4.75. The highest BCUT2D eigenvalue weighted by Gasteiger charge is 2.26. The van der Waals surface area contributed by atoms with E-state index in [0.717, 1.165) is 17.0 Å². The molecule has 1 aromatic rings. The molecule has 1 atom stereocenters. The lowest BCUT2D eigenvalue weighted by molar-refractivity contribution is 0.322. The minimum Gasteiger partial charge on any atom is -0.493 e. The predicted octanol–water partition coefficient (Wildman–Crippen LogP) is 1.18. The van der Waals surface area contributed by atoms with Crippen LogP contribution >= 0.6 is 0 Å². The van der Waals surface area contributed by atoms with Crippen LogP contribution in [0.15, 0.2) is 6.07 Å². The molecule has 0 aromatic carbocycles. The highest BCUT2D eigenvalue weighted by atomic mass is 16.5. The molecule has 4 nitrogen and oxygen atoms in total. The summed E-state index contributed by atoms with van der Waals surface area (Å²) >= 11 is 0. The molecular weight excluding hydrogens is 180 g/mol. The lowest BCUT2D eigenvalue weighted by atomic mass is 10.1. The van der Waals surface area contributed by atoms with Gasteiger partial charge in [-0.1, -0.05) is 0 Å². The largest absolute Gasteiger partial charge is 0.493 e. The Bertz CT molecular complexity index is 352. The van der Waals surface area contributed by atoms with Gasteiger partial charge in [0.15, 0.2) is 0 Å². The van der Waals surface area contributed by atoms with E-state index in [1.54, 1.807) is 0 Å². The van der Waals surface area contributed by atoms with Crippen molar-refractivity contribution in [2.45, 2.75) is 19.9 Å². The summed E-state index contributed by atoms with van der Waals surface area (Å²) in [6.07, 6.45) is 0. The third-order valence-corrected chi connectivity index (χ3v) is 2.18. The monoisotopic (exact) mass is 194 g/mol. The minimum atomic E-state index is -0.111. The summed E-state index contributed by atoms with van der Waals surface area (Å²) in [5, 5.41) is 0. The number of hydrogen-bond acceptors (Lipinski definition) is 4. The fourth-order valence-electron chi connectivity index (χ4n) is 1.60. The lowest BCUT2D eigenvalue weighted by Gasteiger charge is -2.10. The van der Waals surface area contributed by atoms with Gasteiger partial charge in [-0.3, -0.25) is 0 Å². The molecule has 76 valence electrons. The van der Waals surface area contributed by atoms with Crippen LogP contribution in [-0.2, 0) is 0 Å². The van der Waals surface area contributed by atoms with Crippen LogP contribution in [0.2, 0.25) is 0 Å². The van der Waals surface area contributed by atoms with Crippen molar-refractivity contribution in [3.63, 3.8) is 0 Å². The van der Waals surface area contributed by atoms with Gasteiger partial charge < -0.3 is 15.2 Å². The van der Waals surface area contributed by atoms with Crippen LogP contribution in [0, 0.1) is 6.92 Å². The molecule has 1 aromatic heterocycles. The maximum Gasteiger partial charge on any atom is 0.222 e. The summed E-state index contributed by atoms with van der Waals surface area (Å²) in [5.74, 6) is 1.43. The molecule has 0 bridgehead atoms. The fourth-order valence-corrected chi connectivity index (χ4v) is 1.60. The van der Waals surface area contributed by atoms with Gasteiger partial charge in [-0.05, 0) is 13.8 Å². The Kier molecular flexibility index (Phi) is 2.29. The van der Waals surface area contributed by atoms with E-state index in [1.165, 1.54) is 0 Å². The molecule has 0 aliphatic carbocycles. The Hall–Kier alpha value is -1.29. The van der Waals surface area contributed by atoms with E-state index in [2.05, 4.69) is 4.98 Å². The summed E-state index contributed by atoms with van der Waals surface area (Å²) in [6.45, 7) is 4.98. The van der Waals surface area contributed by atoms with Crippen molar-refractivity contribution in [3.05, 3.63) is 17.3 Å². The van der Waals surface area contributed by atoms with Gasteiger partial charge in [-0.15, -0.1) is 0 Å². The Morgan fingerprint density at radius 2 is 2.50 bits per heavy atom. The number of fused-ring (bicyclic) bond motifs is 1. The second kappa shape index (κ2) is 3.46. The lowest BCUT2D eigenvalue weighted by Crippen LogP contribution is -2.12. The van der Waals surface area contributed by atoms with Crippen LogP contribution in [0.25, 0.3) is 0 Å². The van der Waals surface area contributed by atoms with E-state index in [9.17, 15) is 0 Å². The molecule has 1 aliphatic rings. The molecule has 0 amide bonds. The molecular formula is C10H14N2O2. The van der Waals surface area contributed by atoms with Crippen LogP contribution in [0.4, 0.5) is 0 Å². The molecule has 2 rings (SSSR count). The van der Waals surface area contributed by atoms with Crippen LogP contribution in [0.5, 0.6) is 11.6 Å². The van der Waals surface area contributed by atoms with E-state index in [-0.39, 0.29) is 6.04 Å². The van der Waals surface area contributed by atoms with Crippen molar-refractivity contribution in [3.8, 4) is 11.6 Å². The number of ether oxygens (including phenoxy) is 2. The number of aryl methyl sites for hydroxylation is 1. The summed E-state index contributed by atoms with van der Waals surface area (Å²) < 4.78 is 10.9. The van der Waals surface area contributed by atoms with Gasteiger partial charge >= 0.3 is 0 Å². The second-order valence-electron chi connectivity index (χ2n) is 3.33. The average Bonchev–Trinajstić information content (AvgIpc) is 2.48. The van der Waals surface area contributed by atoms with Gasteiger partial charge in [0.1, 0.15) is 12.4 Å². The third-order valence-electron chi connectivity index (χ3n) is 2.18. The van der Waals surface area contributed by atoms with Gasteiger partial charge in [0.25, 0.3) is 0 Å². The van der Waals surface area contributed by atoms with Gasteiger partial charge in [0, 0.05) is 11.8 Å². The Morgan fingerprint density at radius 3 is 3.21 bits per heavy atom. The van der Waals surface area contributed by atoms with E-state index in [4.69, 9.17) is 15.2 Å². The molecule has 0 spiro atoms. The molecule has 0 fully saturated rings. The molecule has 4 heteroatoms. The molecule has 0 saturated carbocycles. The quantitative estimate of drug-likeness (QED) is 0.768. The molecule has 2 heterocycles. The van der Waals surface area contributed by atoms with E-state index >= 15 is 0 Å². The van der Waals surface area contributed by atoms with Crippen molar-refractivity contribution in [2.75, 3.05) is 13.2 Å². The summed E-state index contributed by atoms with van der Waals surface area (Å²) in [6, 6.07) is 1.79. The maximum atomic E-state index is 5.88. The Balaban J connectivity index is 2.47.